The van der Waals surface area contributed by atoms with Crippen molar-refractivity contribution in [2.75, 3.05) is 31.9 Å². The number of rotatable bonds is 4. The summed E-state index contributed by atoms with van der Waals surface area (Å²) in [7, 11) is 0. The first-order valence-electron chi connectivity index (χ1n) is 6.50. The fourth-order valence-corrected chi connectivity index (χ4v) is 3.54. The van der Waals surface area contributed by atoms with E-state index >= 15 is 0 Å². The number of thioether (sulfide) groups is 1. The third kappa shape index (κ3) is 2.23. The highest BCUT2D eigenvalue weighted by Crippen LogP contribution is 2.44. The molecule has 3 fully saturated rings. The molecule has 2 saturated heterocycles. The van der Waals surface area contributed by atoms with E-state index in [-0.39, 0.29) is 11.1 Å². The van der Waals surface area contributed by atoms with Crippen molar-refractivity contribution >= 4 is 22.9 Å². The van der Waals surface area contributed by atoms with Crippen LogP contribution in [0.25, 0.3) is 0 Å². The molecule has 0 aromatic heterocycles. The van der Waals surface area contributed by atoms with E-state index in [1.807, 2.05) is 0 Å². The van der Waals surface area contributed by atoms with E-state index < -0.39 is 5.60 Å². The Bertz CT molecular complexity index is 378. The summed E-state index contributed by atoms with van der Waals surface area (Å²) in [6.07, 6.45) is 2.57. The highest BCUT2D eigenvalue weighted by atomic mass is 32.2. The van der Waals surface area contributed by atoms with Crippen LogP contribution in [0.1, 0.15) is 19.3 Å². The topological polar surface area (TPSA) is 60.9 Å². The van der Waals surface area contributed by atoms with Crippen LogP contribution in [0.3, 0.4) is 0 Å². The lowest BCUT2D eigenvalue weighted by Gasteiger charge is -2.47. The van der Waals surface area contributed by atoms with Crippen LogP contribution < -0.4 is 0 Å². The summed E-state index contributed by atoms with van der Waals surface area (Å²) >= 11 is 1.32. The maximum atomic E-state index is 11.9. The van der Waals surface area contributed by atoms with Crippen molar-refractivity contribution < 1.29 is 14.7 Å². The molecule has 6 heteroatoms. The summed E-state index contributed by atoms with van der Waals surface area (Å²) in [5.74, 6) is 1.31. The molecule has 18 heavy (non-hydrogen) atoms. The molecule has 0 aromatic carbocycles. The number of β-amino-alcohol motifs (C(OH)–C–C–N with tert-alkyl or cyclic N) is 1. The highest BCUT2D eigenvalue weighted by molar-refractivity contribution is 8.13. The minimum Gasteiger partial charge on any atom is -0.386 e. The highest BCUT2D eigenvalue weighted by Gasteiger charge is 2.53. The normalized spacial score (nSPS) is 26.4. The zero-order valence-electron chi connectivity index (χ0n) is 10.3. The molecule has 3 rings (SSSR count). The van der Waals surface area contributed by atoms with Gasteiger partial charge in [0.05, 0.1) is 13.1 Å². The number of aliphatic hydroxyl groups is 1. The van der Waals surface area contributed by atoms with Gasteiger partial charge >= 0.3 is 0 Å². The fraction of sp³-hybridized carbons (Fsp3) is 0.833. The van der Waals surface area contributed by atoms with Gasteiger partial charge in [-0.25, -0.2) is 0 Å². The monoisotopic (exact) mass is 270 g/mol. The molecule has 0 unspecified atom stereocenters. The third-order valence-corrected chi connectivity index (χ3v) is 4.95. The molecule has 0 atom stereocenters. The Hall–Kier alpha value is -0.750. The second-order valence-corrected chi connectivity index (χ2v) is 6.53. The van der Waals surface area contributed by atoms with Crippen molar-refractivity contribution in [3.63, 3.8) is 0 Å². The second kappa shape index (κ2) is 4.42. The van der Waals surface area contributed by atoms with E-state index in [2.05, 4.69) is 0 Å². The lowest BCUT2D eigenvalue weighted by atomic mass is 9.88. The van der Waals surface area contributed by atoms with Crippen molar-refractivity contribution in [2.24, 2.45) is 5.92 Å². The number of likely N-dealkylation sites (tertiary alicyclic amines) is 1. The zero-order valence-corrected chi connectivity index (χ0v) is 11.1. The molecule has 1 N–H and O–H groups in total. The van der Waals surface area contributed by atoms with E-state index in [4.69, 9.17) is 0 Å². The lowest BCUT2D eigenvalue weighted by molar-refractivity contribution is -0.159. The van der Waals surface area contributed by atoms with Gasteiger partial charge in [0.2, 0.25) is 5.91 Å². The van der Waals surface area contributed by atoms with Gasteiger partial charge in [-0.1, -0.05) is 11.8 Å². The van der Waals surface area contributed by atoms with Gasteiger partial charge < -0.3 is 14.9 Å². The zero-order chi connectivity index (χ0) is 12.8. The van der Waals surface area contributed by atoms with Crippen molar-refractivity contribution in [3.8, 4) is 0 Å². The van der Waals surface area contributed by atoms with Gasteiger partial charge in [0.25, 0.3) is 5.24 Å². The Morgan fingerprint density at radius 1 is 1.44 bits per heavy atom. The fourth-order valence-electron chi connectivity index (χ4n) is 2.69. The molecule has 0 radical (unpaired) electrons. The molecule has 0 spiro atoms. The van der Waals surface area contributed by atoms with Gasteiger partial charge in [-0.05, 0) is 18.8 Å². The van der Waals surface area contributed by atoms with Crippen LogP contribution in [0.2, 0.25) is 0 Å². The summed E-state index contributed by atoms with van der Waals surface area (Å²) in [6.45, 7) is 2.24. The SMILES string of the molecule is O=C(CCN1CCSC1=O)N1CC(O)(C2CC2)C1. The average Bonchev–Trinajstić information content (AvgIpc) is 3.07. The maximum absolute atomic E-state index is 11.9. The first-order valence-corrected chi connectivity index (χ1v) is 7.49. The molecule has 3 aliphatic rings. The molecular weight excluding hydrogens is 252 g/mol. The third-order valence-electron chi connectivity index (χ3n) is 4.06. The predicted molar refractivity (Wildman–Crippen MR) is 68.3 cm³/mol. The van der Waals surface area contributed by atoms with Crippen LogP contribution in [0.15, 0.2) is 0 Å². The lowest BCUT2D eigenvalue weighted by Crippen LogP contribution is -2.64. The van der Waals surface area contributed by atoms with Crippen LogP contribution in [-0.2, 0) is 4.79 Å². The molecule has 2 aliphatic heterocycles. The van der Waals surface area contributed by atoms with E-state index in [0.29, 0.717) is 32.0 Å². The van der Waals surface area contributed by atoms with Crippen LogP contribution in [0.4, 0.5) is 4.79 Å². The van der Waals surface area contributed by atoms with Crippen molar-refractivity contribution in [3.05, 3.63) is 0 Å². The summed E-state index contributed by atoms with van der Waals surface area (Å²) in [4.78, 5) is 26.7. The summed E-state index contributed by atoms with van der Waals surface area (Å²) in [5.41, 5.74) is -0.602. The smallest absolute Gasteiger partial charge is 0.281 e. The van der Waals surface area contributed by atoms with E-state index in [1.54, 1.807) is 9.80 Å². The van der Waals surface area contributed by atoms with Gasteiger partial charge in [0, 0.05) is 25.3 Å². The first kappa shape index (κ1) is 12.3. The minimum absolute atomic E-state index is 0.0602. The van der Waals surface area contributed by atoms with Crippen molar-refractivity contribution in [2.45, 2.75) is 24.9 Å². The summed E-state index contributed by atoms with van der Waals surface area (Å²) in [5, 5.41) is 10.2. The number of hydrogen-bond acceptors (Lipinski definition) is 4. The Kier molecular flexibility index (Phi) is 3.02. The average molecular weight is 270 g/mol. The molecule has 0 aromatic rings. The Labute approximate surface area is 110 Å². The van der Waals surface area contributed by atoms with Gasteiger partial charge in [0.1, 0.15) is 5.60 Å². The van der Waals surface area contributed by atoms with Crippen molar-refractivity contribution in [1.82, 2.24) is 9.80 Å². The predicted octanol–water partition coefficient (Wildman–Crippen LogP) is 0.529. The number of hydrogen-bond donors (Lipinski definition) is 1. The number of carbonyl (C=O) groups excluding carboxylic acids is 2. The Balaban J connectivity index is 1.41. The molecule has 1 saturated carbocycles. The van der Waals surface area contributed by atoms with Gasteiger partial charge in [-0.2, -0.15) is 0 Å². The number of amides is 2. The first-order chi connectivity index (χ1) is 8.58. The van der Waals surface area contributed by atoms with Gasteiger partial charge in [-0.15, -0.1) is 0 Å². The molecule has 2 amide bonds. The molecule has 5 nitrogen and oxygen atoms in total. The van der Waals surface area contributed by atoms with Gasteiger partial charge in [0.15, 0.2) is 0 Å². The molecule has 1 aliphatic carbocycles. The van der Waals surface area contributed by atoms with Crippen LogP contribution in [-0.4, -0.2) is 63.6 Å². The number of carbonyl (C=O) groups is 2. The summed E-state index contributed by atoms with van der Waals surface area (Å²) < 4.78 is 0. The van der Waals surface area contributed by atoms with Crippen LogP contribution in [0, 0.1) is 5.92 Å². The van der Waals surface area contributed by atoms with Crippen molar-refractivity contribution in [1.29, 1.82) is 0 Å². The number of nitrogens with zero attached hydrogens (tertiary/aromatic N) is 2. The summed E-state index contributed by atoms with van der Waals surface area (Å²) in [6, 6.07) is 0. The largest absolute Gasteiger partial charge is 0.386 e. The molecular formula is C12H18N2O3S. The minimum atomic E-state index is -0.602. The van der Waals surface area contributed by atoms with Gasteiger partial charge in [-0.3, -0.25) is 9.59 Å². The standard InChI is InChI=1S/C12H18N2O3S/c15-10(3-4-13-5-6-18-11(13)16)14-7-12(17,8-14)9-1-2-9/h9,17H,1-8H2. The molecule has 0 bridgehead atoms. The van der Waals surface area contributed by atoms with Crippen LogP contribution in [0.5, 0.6) is 0 Å². The second-order valence-electron chi connectivity index (χ2n) is 5.48. The van der Waals surface area contributed by atoms with Crippen LogP contribution >= 0.6 is 11.8 Å². The quantitative estimate of drug-likeness (QED) is 0.809. The van der Waals surface area contributed by atoms with E-state index in [9.17, 15) is 14.7 Å². The maximum Gasteiger partial charge on any atom is 0.281 e. The van der Waals surface area contributed by atoms with E-state index in [1.165, 1.54) is 11.8 Å². The van der Waals surface area contributed by atoms with E-state index in [0.717, 1.165) is 25.1 Å². The molecule has 2 heterocycles. The Morgan fingerprint density at radius 2 is 2.17 bits per heavy atom. The Morgan fingerprint density at radius 3 is 2.72 bits per heavy atom. The molecule has 100 valence electrons.